The average Bonchev–Trinajstić information content (AvgIpc) is 3.19. The Bertz CT molecular complexity index is 1260. The van der Waals surface area contributed by atoms with Gasteiger partial charge in [-0.3, -0.25) is 14.8 Å². The van der Waals surface area contributed by atoms with Gasteiger partial charge in [-0.1, -0.05) is 13.8 Å². The van der Waals surface area contributed by atoms with Crippen LogP contribution in [0.25, 0.3) is 22.7 Å². The van der Waals surface area contributed by atoms with Gasteiger partial charge in [0.15, 0.2) is 11.5 Å². The van der Waals surface area contributed by atoms with Crippen LogP contribution in [-0.2, 0) is 22.4 Å². The van der Waals surface area contributed by atoms with Gasteiger partial charge in [-0.05, 0) is 36.2 Å². The third-order valence-corrected chi connectivity index (χ3v) is 8.35. The van der Waals surface area contributed by atoms with Gasteiger partial charge >= 0.3 is 0 Å². The van der Waals surface area contributed by atoms with E-state index in [-0.39, 0.29) is 5.91 Å². The fourth-order valence-corrected chi connectivity index (χ4v) is 5.78. The number of hydrogen-bond acceptors (Lipinski definition) is 7. The summed E-state index contributed by atoms with van der Waals surface area (Å²) in [5.74, 6) is 2.48. The molecule has 6 rings (SSSR count). The maximum absolute atomic E-state index is 13.0. The number of rotatable bonds is 5. The van der Waals surface area contributed by atoms with Crippen molar-refractivity contribution >= 4 is 22.8 Å². The first-order chi connectivity index (χ1) is 16.4. The number of fused-ring (bicyclic) bond motifs is 3. The van der Waals surface area contributed by atoms with Crippen molar-refractivity contribution in [2.24, 2.45) is 17.3 Å². The molecular weight excluding hydrogens is 434 g/mol. The Labute approximate surface area is 198 Å². The van der Waals surface area contributed by atoms with Crippen molar-refractivity contribution in [3.05, 3.63) is 17.3 Å². The topological polar surface area (TPSA) is 112 Å². The Hall–Kier alpha value is -2.98. The second-order valence-electron chi connectivity index (χ2n) is 10.1. The Morgan fingerprint density at radius 3 is 2.91 bits per heavy atom. The molecule has 34 heavy (non-hydrogen) atoms. The molecule has 0 aromatic carbocycles. The van der Waals surface area contributed by atoms with Crippen LogP contribution in [0.5, 0.6) is 5.88 Å². The third kappa shape index (κ3) is 3.31. The summed E-state index contributed by atoms with van der Waals surface area (Å²) in [5, 5.41) is 7.87. The molecule has 0 radical (unpaired) electrons. The highest BCUT2D eigenvalue weighted by molar-refractivity contribution is 5.97. The number of nitrogens with zero attached hydrogens (tertiary/aromatic N) is 5. The number of aromatic nitrogens is 5. The minimum Gasteiger partial charge on any atom is -0.479 e. The van der Waals surface area contributed by atoms with Crippen LogP contribution in [0.4, 0.5) is 5.69 Å². The highest BCUT2D eigenvalue weighted by Crippen LogP contribution is 2.64. The number of pyridine rings is 1. The molecule has 2 aliphatic carbocycles. The zero-order valence-corrected chi connectivity index (χ0v) is 20.1. The molecule has 0 spiro atoms. The molecule has 3 aromatic heterocycles. The van der Waals surface area contributed by atoms with E-state index in [0.717, 1.165) is 37.5 Å². The number of nitrogens with one attached hydrogen (secondary N) is 2. The Kier molecular flexibility index (Phi) is 4.93. The lowest BCUT2D eigenvalue weighted by Gasteiger charge is -2.28. The van der Waals surface area contributed by atoms with Gasteiger partial charge in [-0.2, -0.15) is 10.1 Å². The molecule has 2 N–H and O–H groups in total. The molecule has 1 amide bonds. The third-order valence-electron chi connectivity index (χ3n) is 8.35. The molecule has 1 unspecified atom stereocenters. The van der Waals surface area contributed by atoms with Gasteiger partial charge < -0.3 is 19.4 Å². The SMILES string of the molecule is COc1nc2[nH]c(-c3n[nH]c4c3CC3[C@H](C)[C@]3(C)C4)nc2cc1N(C)C(=O)CN1CCOCC1. The van der Waals surface area contributed by atoms with E-state index in [9.17, 15) is 4.79 Å². The highest BCUT2D eigenvalue weighted by Gasteiger charge is 2.60. The standard InChI is InChI=1S/C24H31N7O3/c1-13-15-9-14-17(11-24(13,15)2)28-29-20(14)22-25-16-10-18(23(33-4)27-21(16)26-22)30(3)19(32)12-31-5-7-34-8-6-31/h10,13,15H,5-9,11-12H2,1-4H3,(H,28,29)(H,25,26,27)/t13-,15?,24-/m0/s1. The molecule has 3 aromatic rings. The van der Waals surface area contributed by atoms with Crippen LogP contribution in [0.3, 0.4) is 0 Å². The Balaban J connectivity index is 1.30. The monoisotopic (exact) mass is 465 g/mol. The van der Waals surface area contributed by atoms with E-state index in [2.05, 4.69) is 38.9 Å². The lowest BCUT2D eigenvalue weighted by molar-refractivity contribution is -0.120. The van der Waals surface area contributed by atoms with Crippen LogP contribution in [-0.4, -0.2) is 83.0 Å². The number of anilines is 1. The molecule has 180 valence electrons. The number of amides is 1. The van der Waals surface area contributed by atoms with E-state index >= 15 is 0 Å². The molecule has 1 saturated carbocycles. The van der Waals surface area contributed by atoms with Crippen molar-refractivity contribution < 1.29 is 14.3 Å². The highest BCUT2D eigenvalue weighted by atomic mass is 16.5. The van der Waals surface area contributed by atoms with Crippen molar-refractivity contribution in [3.63, 3.8) is 0 Å². The van der Waals surface area contributed by atoms with Crippen molar-refractivity contribution in [1.29, 1.82) is 0 Å². The van der Waals surface area contributed by atoms with Crippen molar-refractivity contribution in [3.8, 4) is 17.4 Å². The minimum atomic E-state index is -0.0277. The molecule has 3 aliphatic rings. The molecule has 2 fully saturated rings. The van der Waals surface area contributed by atoms with Gasteiger partial charge in [0.1, 0.15) is 16.9 Å². The van der Waals surface area contributed by atoms with Crippen LogP contribution in [0.15, 0.2) is 6.07 Å². The number of aromatic amines is 2. The number of carbonyl (C=O) groups is 1. The number of H-pyrrole nitrogens is 2. The van der Waals surface area contributed by atoms with E-state index in [1.807, 2.05) is 6.07 Å². The van der Waals surface area contributed by atoms with Crippen molar-refractivity contribution in [2.45, 2.75) is 26.7 Å². The zero-order valence-electron chi connectivity index (χ0n) is 20.1. The summed E-state index contributed by atoms with van der Waals surface area (Å²) in [5.41, 5.74) is 5.63. The van der Waals surface area contributed by atoms with Crippen LogP contribution in [0.2, 0.25) is 0 Å². The van der Waals surface area contributed by atoms with Gasteiger partial charge in [-0.25, -0.2) is 4.98 Å². The summed E-state index contributed by atoms with van der Waals surface area (Å²) in [6, 6.07) is 1.86. The summed E-state index contributed by atoms with van der Waals surface area (Å²) in [6.07, 6.45) is 2.06. The molecule has 0 bridgehead atoms. The maximum atomic E-state index is 13.0. The first-order valence-corrected chi connectivity index (χ1v) is 12.0. The van der Waals surface area contributed by atoms with E-state index in [1.165, 1.54) is 11.3 Å². The number of carbonyl (C=O) groups excluding carboxylic acids is 1. The number of likely N-dealkylation sites (N-methyl/N-ethyl adjacent to an activating group) is 1. The zero-order chi connectivity index (χ0) is 23.6. The van der Waals surface area contributed by atoms with Crippen molar-refractivity contribution in [2.75, 3.05) is 51.9 Å². The Morgan fingerprint density at radius 2 is 2.15 bits per heavy atom. The molecule has 10 heteroatoms. The predicted molar refractivity (Wildman–Crippen MR) is 127 cm³/mol. The minimum absolute atomic E-state index is 0.0277. The van der Waals surface area contributed by atoms with E-state index in [1.54, 1.807) is 19.1 Å². The second kappa shape index (κ2) is 7.78. The van der Waals surface area contributed by atoms with Gasteiger partial charge in [0.05, 0.1) is 26.9 Å². The number of ether oxygens (including phenoxy) is 2. The van der Waals surface area contributed by atoms with Gasteiger partial charge in [0.2, 0.25) is 11.8 Å². The largest absolute Gasteiger partial charge is 0.479 e. The van der Waals surface area contributed by atoms with Crippen LogP contribution in [0, 0.1) is 17.3 Å². The lowest BCUT2D eigenvalue weighted by atomic mass is 9.87. The second-order valence-corrected chi connectivity index (χ2v) is 10.1. The van der Waals surface area contributed by atoms with E-state index in [4.69, 9.17) is 14.5 Å². The fraction of sp³-hybridized carbons (Fsp3) is 0.583. The number of morpholine rings is 1. The number of hydrogen-bond donors (Lipinski definition) is 2. The quantitative estimate of drug-likeness (QED) is 0.593. The predicted octanol–water partition coefficient (Wildman–Crippen LogP) is 2.02. The molecule has 10 nitrogen and oxygen atoms in total. The number of methoxy groups -OCH3 is 1. The van der Waals surface area contributed by atoms with Gasteiger partial charge in [0.25, 0.3) is 0 Å². The normalized spacial score (nSPS) is 26.2. The number of imidazole rings is 1. The summed E-state index contributed by atoms with van der Waals surface area (Å²) < 4.78 is 10.9. The van der Waals surface area contributed by atoms with Crippen LogP contribution >= 0.6 is 0 Å². The molecule has 4 heterocycles. The summed E-state index contributed by atoms with van der Waals surface area (Å²) >= 11 is 0. The van der Waals surface area contributed by atoms with Crippen LogP contribution < -0.4 is 9.64 Å². The van der Waals surface area contributed by atoms with E-state index in [0.29, 0.717) is 59.6 Å². The van der Waals surface area contributed by atoms with Crippen molar-refractivity contribution in [1.82, 2.24) is 30.0 Å². The first kappa shape index (κ1) is 21.5. The van der Waals surface area contributed by atoms with E-state index < -0.39 is 0 Å². The molecule has 3 atom stereocenters. The lowest BCUT2D eigenvalue weighted by Crippen LogP contribution is -2.43. The smallest absolute Gasteiger partial charge is 0.241 e. The fourth-order valence-electron chi connectivity index (χ4n) is 5.78. The summed E-state index contributed by atoms with van der Waals surface area (Å²) in [6.45, 7) is 7.86. The first-order valence-electron chi connectivity index (χ1n) is 12.0. The maximum Gasteiger partial charge on any atom is 0.241 e. The average molecular weight is 466 g/mol. The molecule has 1 saturated heterocycles. The van der Waals surface area contributed by atoms with Gasteiger partial charge in [0, 0.05) is 31.4 Å². The van der Waals surface area contributed by atoms with Gasteiger partial charge in [-0.15, -0.1) is 0 Å². The summed E-state index contributed by atoms with van der Waals surface area (Å²) in [7, 11) is 3.31. The summed E-state index contributed by atoms with van der Waals surface area (Å²) in [4.78, 5) is 29.4. The molecule has 1 aliphatic heterocycles. The Morgan fingerprint density at radius 1 is 1.35 bits per heavy atom. The molecular formula is C24H31N7O3. The van der Waals surface area contributed by atoms with Crippen LogP contribution in [0.1, 0.15) is 25.1 Å².